The first-order chi connectivity index (χ1) is 15.0. The molecule has 4 atom stereocenters. The summed E-state index contributed by atoms with van der Waals surface area (Å²) in [6.45, 7) is 0.493. The molecule has 12 heteroatoms. The van der Waals surface area contributed by atoms with Crippen molar-refractivity contribution in [2.75, 3.05) is 19.6 Å². The summed E-state index contributed by atoms with van der Waals surface area (Å²) in [5.41, 5.74) is -1.03. The van der Waals surface area contributed by atoms with Crippen molar-refractivity contribution in [2.45, 2.75) is 48.8 Å². The van der Waals surface area contributed by atoms with Crippen LogP contribution in [-0.2, 0) is 21.0 Å². The molecule has 0 aromatic heterocycles. The number of hydrogen-bond donors (Lipinski definition) is 1. The van der Waals surface area contributed by atoms with Gasteiger partial charge < -0.3 is 20.1 Å². The van der Waals surface area contributed by atoms with Crippen molar-refractivity contribution in [1.82, 2.24) is 14.5 Å². The number of halogens is 3. The van der Waals surface area contributed by atoms with Crippen LogP contribution in [0.4, 0.5) is 18.0 Å². The van der Waals surface area contributed by atoms with Crippen LogP contribution in [0, 0.1) is 11.8 Å². The minimum absolute atomic E-state index is 0.0262. The van der Waals surface area contributed by atoms with Gasteiger partial charge in [-0.15, -0.1) is 0 Å². The lowest BCUT2D eigenvalue weighted by atomic mass is 9.97. The Hall–Kier alpha value is -2.34. The number of nitrogens with zero attached hydrogens (tertiary/aromatic N) is 2. The average molecular weight is 474 g/mol. The summed E-state index contributed by atoms with van der Waals surface area (Å²) in [6, 6.07) is 2.54. The Kier molecular flexibility index (Phi) is 5.86. The van der Waals surface area contributed by atoms with E-state index in [2.05, 4.69) is 5.32 Å². The van der Waals surface area contributed by atoms with E-state index in [4.69, 9.17) is 0 Å². The molecule has 0 radical (unpaired) electrons. The second kappa shape index (κ2) is 8.22. The van der Waals surface area contributed by atoms with Crippen molar-refractivity contribution in [3.8, 4) is 0 Å². The Labute approximate surface area is 183 Å². The predicted molar refractivity (Wildman–Crippen MR) is 103 cm³/mol. The van der Waals surface area contributed by atoms with E-state index in [-0.39, 0.29) is 37.5 Å². The van der Waals surface area contributed by atoms with Crippen molar-refractivity contribution < 1.29 is 36.3 Å². The molecule has 0 bridgehead atoms. The summed E-state index contributed by atoms with van der Waals surface area (Å²) in [5, 5.41) is 14.1. The van der Waals surface area contributed by atoms with Gasteiger partial charge in [-0.3, -0.25) is 4.79 Å². The Bertz CT molecular complexity index is 1020. The number of nitrogens with one attached hydrogen (secondary N) is 1. The van der Waals surface area contributed by atoms with Crippen molar-refractivity contribution in [1.29, 1.82) is 0 Å². The maximum absolute atomic E-state index is 13.0. The SMILES string of the molecule is O=C(N[C@@H]1CC[C@H]2CN(S(=O)(=O)c3cccc(C(F)(F)F)c3)C[C@H]21)C1CCCN1C(=O)[O-]. The quantitative estimate of drug-likeness (QED) is 0.701. The predicted octanol–water partition coefficient (Wildman–Crippen LogP) is 1.03. The van der Waals surface area contributed by atoms with Crippen LogP contribution in [0.2, 0.25) is 0 Å². The molecular formula is C20H23F3N3O5S-. The summed E-state index contributed by atoms with van der Waals surface area (Å²) in [5.74, 6) is -0.629. The summed E-state index contributed by atoms with van der Waals surface area (Å²) < 4.78 is 66.2. The first kappa shape index (κ1) is 22.8. The number of amides is 2. The highest BCUT2D eigenvalue weighted by Crippen LogP contribution is 2.41. The Morgan fingerprint density at radius 3 is 2.56 bits per heavy atom. The summed E-state index contributed by atoms with van der Waals surface area (Å²) in [7, 11) is -4.12. The fourth-order valence-electron chi connectivity index (χ4n) is 5.12. The molecule has 2 saturated heterocycles. The molecule has 2 heterocycles. The van der Waals surface area contributed by atoms with E-state index in [0.29, 0.717) is 31.7 Å². The fourth-order valence-corrected chi connectivity index (χ4v) is 6.70. The number of carbonyl (C=O) groups excluding carboxylic acids is 2. The molecule has 4 rings (SSSR count). The fraction of sp³-hybridized carbons (Fsp3) is 0.600. The van der Waals surface area contributed by atoms with Crippen LogP contribution < -0.4 is 10.4 Å². The third kappa shape index (κ3) is 4.17. The number of carboxylic acid groups (broad SMARTS) is 1. The van der Waals surface area contributed by atoms with Crippen LogP contribution in [-0.4, -0.2) is 61.3 Å². The Morgan fingerprint density at radius 1 is 1.12 bits per heavy atom. The zero-order chi connectivity index (χ0) is 23.3. The third-order valence-corrected chi connectivity index (χ3v) is 8.57. The first-order valence-electron chi connectivity index (χ1n) is 10.4. The normalized spacial score (nSPS) is 28.7. The molecule has 0 spiro atoms. The van der Waals surface area contributed by atoms with Gasteiger partial charge in [-0.25, -0.2) is 8.42 Å². The zero-order valence-electron chi connectivity index (χ0n) is 17.0. The molecule has 3 aliphatic rings. The van der Waals surface area contributed by atoms with E-state index in [1.165, 1.54) is 4.31 Å². The maximum Gasteiger partial charge on any atom is 0.416 e. The lowest BCUT2D eigenvalue weighted by molar-refractivity contribution is -0.266. The van der Waals surface area contributed by atoms with E-state index in [9.17, 15) is 36.3 Å². The number of likely N-dealkylation sites (tertiary alicyclic amines) is 1. The summed E-state index contributed by atoms with van der Waals surface area (Å²) in [4.78, 5) is 24.4. The van der Waals surface area contributed by atoms with Crippen LogP contribution in [0.3, 0.4) is 0 Å². The molecule has 176 valence electrons. The van der Waals surface area contributed by atoms with Gasteiger partial charge in [0, 0.05) is 25.7 Å². The van der Waals surface area contributed by atoms with Crippen LogP contribution in [0.25, 0.3) is 0 Å². The molecular weight excluding hydrogens is 451 g/mol. The molecule has 1 aromatic carbocycles. The van der Waals surface area contributed by atoms with Gasteiger partial charge >= 0.3 is 6.18 Å². The highest BCUT2D eigenvalue weighted by molar-refractivity contribution is 7.89. The molecule has 1 N–H and O–H groups in total. The number of carbonyl (C=O) groups is 2. The largest absolute Gasteiger partial charge is 0.530 e. The number of rotatable bonds is 4. The molecule has 1 aromatic rings. The highest BCUT2D eigenvalue weighted by Gasteiger charge is 2.47. The van der Waals surface area contributed by atoms with Crippen LogP contribution >= 0.6 is 0 Å². The van der Waals surface area contributed by atoms with Gasteiger partial charge in [-0.1, -0.05) is 6.07 Å². The second-order valence-corrected chi connectivity index (χ2v) is 10.5. The molecule has 32 heavy (non-hydrogen) atoms. The topological polar surface area (TPSA) is 110 Å². The standard InChI is InChI=1S/C20H24F3N3O5S/c21-20(22,23)13-3-1-4-14(9-13)32(30,31)25-10-12-6-7-16(15(12)11-25)24-18(27)17-5-2-8-26(17)19(28)29/h1,3-4,9,12,15-17H,2,5-8,10-11H2,(H,24,27)(H,28,29)/p-1/t12-,15+,16+,17?/m0/s1. The number of alkyl halides is 3. The minimum atomic E-state index is -4.65. The van der Waals surface area contributed by atoms with Crippen molar-refractivity contribution >= 4 is 22.0 Å². The van der Waals surface area contributed by atoms with Gasteiger partial charge in [0.15, 0.2) is 0 Å². The molecule has 1 aliphatic carbocycles. The smallest absolute Gasteiger partial charge is 0.416 e. The summed E-state index contributed by atoms with van der Waals surface area (Å²) in [6.07, 6.45) is -3.79. The van der Waals surface area contributed by atoms with E-state index in [1.807, 2.05) is 0 Å². The average Bonchev–Trinajstić information content (AvgIpc) is 3.44. The van der Waals surface area contributed by atoms with E-state index in [1.54, 1.807) is 0 Å². The highest BCUT2D eigenvalue weighted by atomic mass is 32.2. The van der Waals surface area contributed by atoms with Crippen LogP contribution in [0.15, 0.2) is 29.2 Å². The van der Waals surface area contributed by atoms with Crippen LogP contribution in [0.1, 0.15) is 31.2 Å². The van der Waals surface area contributed by atoms with Gasteiger partial charge in [-0.05, 0) is 55.7 Å². The van der Waals surface area contributed by atoms with Gasteiger partial charge in [0.1, 0.15) is 12.1 Å². The Balaban J connectivity index is 1.46. The molecule has 2 aliphatic heterocycles. The molecule has 3 fully saturated rings. The lowest BCUT2D eigenvalue weighted by Gasteiger charge is -2.28. The van der Waals surface area contributed by atoms with Crippen molar-refractivity contribution in [3.05, 3.63) is 29.8 Å². The Morgan fingerprint density at radius 2 is 1.88 bits per heavy atom. The second-order valence-electron chi connectivity index (χ2n) is 8.58. The lowest BCUT2D eigenvalue weighted by Crippen LogP contribution is -2.53. The van der Waals surface area contributed by atoms with E-state index in [0.717, 1.165) is 23.1 Å². The molecule has 2 amide bonds. The number of hydrogen-bond acceptors (Lipinski definition) is 5. The number of benzene rings is 1. The van der Waals surface area contributed by atoms with E-state index < -0.39 is 44.7 Å². The van der Waals surface area contributed by atoms with Gasteiger partial charge in [-0.2, -0.15) is 17.5 Å². The van der Waals surface area contributed by atoms with Crippen molar-refractivity contribution in [3.63, 3.8) is 0 Å². The monoisotopic (exact) mass is 474 g/mol. The number of fused-ring (bicyclic) bond motifs is 1. The molecule has 8 nitrogen and oxygen atoms in total. The zero-order valence-corrected chi connectivity index (χ0v) is 17.9. The first-order valence-corrected chi connectivity index (χ1v) is 11.9. The minimum Gasteiger partial charge on any atom is -0.530 e. The molecule has 1 saturated carbocycles. The van der Waals surface area contributed by atoms with Gasteiger partial charge in [0.2, 0.25) is 15.9 Å². The van der Waals surface area contributed by atoms with Crippen molar-refractivity contribution in [2.24, 2.45) is 11.8 Å². The van der Waals surface area contributed by atoms with Gasteiger partial charge in [0.25, 0.3) is 0 Å². The number of sulfonamides is 1. The third-order valence-electron chi connectivity index (χ3n) is 6.74. The van der Waals surface area contributed by atoms with Crippen LogP contribution in [0.5, 0.6) is 0 Å². The van der Waals surface area contributed by atoms with E-state index >= 15 is 0 Å². The molecule has 1 unspecified atom stereocenters. The summed E-state index contributed by atoms with van der Waals surface area (Å²) >= 11 is 0. The van der Waals surface area contributed by atoms with Gasteiger partial charge in [0.05, 0.1) is 10.5 Å². The maximum atomic E-state index is 13.0.